The van der Waals surface area contributed by atoms with Crippen LogP contribution in [0.3, 0.4) is 0 Å². The smallest absolute Gasteiger partial charge is 0.123 e. The molecule has 13 heavy (non-hydrogen) atoms. The van der Waals surface area contributed by atoms with Gasteiger partial charge in [-0.2, -0.15) is 0 Å². The van der Waals surface area contributed by atoms with E-state index in [1.807, 2.05) is 6.92 Å². The molecule has 0 heterocycles. The minimum Gasteiger partial charge on any atom is -0.375 e. The second kappa shape index (κ2) is 4.35. The van der Waals surface area contributed by atoms with Crippen molar-refractivity contribution >= 4 is 0 Å². The third-order valence-electron chi connectivity index (χ3n) is 1.93. The van der Waals surface area contributed by atoms with Gasteiger partial charge >= 0.3 is 0 Å². The lowest BCUT2D eigenvalue weighted by atomic mass is 10.0. The summed E-state index contributed by atoms with van der Waals surface area (Å²) in [4.78, 5) is 0. The predicted molar refractivity (Wildman–Crippen MR) is 49.8 cm³/mol. The van der Waals surface area contributed by atoms with Gasteiger partial charge in [-0.25, -0.2) is 4.39 Å². The quantitative estimate of drug-likeness (QED) is 0.776. The zero-order valence-corrected chi connectivity index (χ0v) is 7.83. The zero-order valence-electron chi connectivity index (χ0n) is 7.83. The first kappa shape index (κ1) is 10.2. The van der Waals surface area contributed by atoms with Crippen molar-refractivity contribution in [2.75, 3.05) is 7.11 Å². The Morgan fingerprint density at radius 2 is 1.85 bits per heavy atom. The van der Waals surface area contributed by atoms with Gasteiger partial charge in [0, 0.05) is 13.2 Å². The van der Waals surface area contributed by atoms with Gasteiger partial charge in [-0.05, 0) is 24.6 Å². The van der Waals surface area contributed by atoms with Crippen molar-refractivity contribution in [2.45, 2.75) is 19.1 Å². The van der Waals surface area contributed by atoms with Crippen LogP contribution >= 0.6 is 0 Å². The van der Waals surface area contributed by atoms with E-state index in [0.29, 0.717) is 0 Å². The standard InChI is InChI=1S/C10H14FNO/c1-7(12)10(13-2)8-3-5-9(11)6-4-8/h3-7,10H,12H2,1-2H3/t7-,10+/m0/s1. The Morgan fingerprint density at radius 1 is 1.31 bits per heavy atom. The molecule has 2 nitrogen and oxygen atoms in total. The SMILES string of the molecule is CO[C@@H](c1ccc(F)cc1)[C@H](C)N. The second-order valence-electron chi connectivity index (χ2n) is 3.07. The monoisotopic (exact) mass is 183 g/mol. The van der Waals surface area contributed by atoms with Crippen molar-refractivity contribution in [1.29, 1.82) is 0 Å². The van der Waals surface area contributed by atoms with Gasteiger partial charge in [0.25, 0.3) is 0 Å². The summed E-state index contributed by atoms with van der Waals surface area (Å²) in [6, 6.07) is 6.09. The Hall–Kier alpha value is -0.930. The highest BCUT2D eigenvalue weighted by Crippen LogP contribution is 2.19. The van der Waals surface area contributed by atoms with E-state index < -0.39 is 0 Å². The fourth-order valence-electron chi connectivity index (χ4n) is 1.31. The molecule has 0 amide bonds. The van der Waals surface area contributed by atoms with Crippen molar-refractivity contribution in [2.24, 2.45) is 5.73 Å². The minimum atomic E-state index is -0.247. The van der Waals surface area contributed by atoms with E-state index in [9.17, 15) is 4.39 Å². The lowest BCUT2D eigenvalue weighted by Gasteiger charge is -2.19. The molecule has 2 N–H and O–H groups in total. The van der Waals surface area contributed by atoms with E-state index in [-0.39, 0.29) is 18.0 Å². The zero-order chi connectivity index (χ0) is 9.84. The maximum absolute atomic E-state index is 12.6. The molecule has 0 aliphatic carbocycles. The van der Waals surface area contributed by atoms with Crippen molar-refractivity contribution < 1.29 is 9.13 Å². The first-order chi connectivity index (χ1) is 6.15. The summed E-state index contributed by atoms with van der Waals surface area (Å²) >= 11 is 0. The third kappa shape index (κ3) is 2.50. The van der Waals surface area contributed by atoms with Gasteiger partial charge in [-0.3, -0.25) is 0 Å². The molecule has 72 valence electrons. The summed E-state index contributed by atoms with van der Waals surface area (Å²) in [5.74, 6) is -0.247. The molecular weight excluding hydrogens is 169 g/mol. The van der Waals surface area contributed by atoms with Crippen molar-refractivity contribution in [3.63, 3.8) is 0 Å². The first-order valence-electron chi connectivity index (χ1n) is 4.19. The molecule has 0 aliphatic rings. The number of benzene rings is 1. The minimum absolute atomic E-state index is 0.101. The van der Waals surface area contributed by atoms with Gasteiger partial charge in [0.15, 0.2) is 0 Å². The Bertz CT molecular complexity index is 258. The Labute approximate surface area is 77.5 Å². The highest BCUT2D eigenvalue weighted by atomic mass is 19.1. The molecule has 3 heteroatoms. The maximum atomic E-state index is 12.6. The number of hydrogen-bond acceptors (Lipinski definition) is 2. The van der Waals surface area contributed by atoms with E-state index >= 15 is 0 Å². The van der Waals surface area contributed by atoms with Crippen LogP contribution in [-0.4, -0.2) is 13.2 Å². The lowest BCUT2D eigenvalue weighted by Crippen LogP contribution is -2.26. The molecule has 2 atom stereocenters. The summed E-state index contributed by atoms with van der Waals surface area (Å²) in [6.07, 6.45) is -0.166. The fraction of sp³-hybridized carbons (Fsp3) is 0.400. The van der Waals surface area contributed by atoms with Crippen LogP contribution in [0.15, 0.2) is 24.3 Å². The molecule has 1 rings (SSSR count). The molecule has 1 aromatic rings. The van der Waals surface area contributed by atoms with E-state index in [2.05, 4.69) is 0 Å². The number of rotatable bonds is 3. The molecule has 0 bridgehead atoms. The molecule has 0 fully saturated rings. The van der Waals surface area contributed by atoms with Crippen molar-refractivity contribution in [1.82, 2.24) is 0 Å². The van der Waals surface area contributed by atoms with Crippen molar-refractivity contribution in [3.8, 4) is 0 Å². The van der Waals surface area contributed by atoms with E-state index in [4.69, 9.17) is 10.5 Å². The first-order valence-corrected chi connectivity index (χ1v) is 4.19. The number of halogens is 1. The summed E-state index contributed by atoms with van der Waals surface area (Å²) in [5.41, 5.74) is 6.60. The largest absolute Gasteiger partial charge is 0.375 e. The number of methoxy groups -OCH3 is 1. The van der Waals surface area contributed by atoms with Gasteiger partial charge in [0.05, 0.1) is 6.10 Å². The summed E-state index contributed by atoms with van der Waals surface area (Å²) in [5, 5.41) is 0. The Kier molecular flexibility index (Phi) is 3.39. The Morgan fingerprint density at radius 3 is 2.23 bits per heavy atom. The van der Waals surface area contributed by atoms with Gasteiger partial charge in [0.2, 0.25) is 0 Å². The van der Waals surface area contributed by atoms with Crippen LogP contribution in [0.25, 0.3) is 0 Å². The summed E-state index contributed by atoms with van der Waals surface area (Å²) in [7, 11) is 1.59. The van der Waals surface area contributed by atoms with Gasteiger partial charge in [-0.1, -0.05) is 12.1 Å². The average molecular weight is 183 g/mol. The van der Waals surface area contributed by atoms with E-state index in [1.165, 1.54) is 12.1 Å². The highest BCUT2D eigenvalue weighted by Gasteiger charge is 2.14. The van der Waals surface area contributed by atoms with Crippen LogP contribution in [0.1, 0.15) is 18.6 Å². The third-order valence-corrected chi connectivity index (χ3v) is 1.93. The lowest BCUT2D eigenvalue weighted by molar-refractivity contribution is 0.0853. The van der Waals surface area contributed by atoms with Crippen molar-refractivity contribution in [3.05, 3.63) is 35.6 Å². The molecule has 0 spiro atoms. The number of hydrogen-bond donors (Lipinski definition) is 1. The van der Waals surface area contributed by atoms with Crippen LogP contribution in [0.5, 0.6) is 0 Å². The average Bonchev–Trinajstić information content (AvgIpc) is 2.09. The molecule has 0 aliphatic heterocycles. The van der Waals surface area contributed by atoms with Crippen LogP contribution in [0, 0.1) is 5.82 Å². The maximum Gasteiger partial charge on any atom is 0.123 e. The van der Waals surface area contributed by atoms with Crippen LogP contribution in [0.4, 0.5) is 4.39 Å². The topological polar surface area (TPSA) is 35.2 Å². The van der Waals surface area contributed by atoms with E-state index in [0.717, 1.165) is 5.56 Å². The number of ether oxygens (including phenoxy) is 1. The van der Waals surface area contributed by atoms with Gasteiger partial charge < -0.3 is 10.5 Å². The normalized spacial score (nSPS) is 15.4. The van der Waals surface area contributed by atoms with Gasteiger partial charge in [0.1, 0.15) is 5.82 Å². The molecule has 0 radical (unpaired) electrons. The Balaban J connectivity index is 2.86. The summed E-state index contributed by atoms with van der Waals surface area (Å²) < 4.78 is 17.8. The molecular formula is C10H14FNO. The van der Waals surface area contributed by atoms with Crippen LogP contribution in [-0.2, 0) is 4.74 Å². The molecule has 0 unspecified atom stereocenters. The number of nitrogens with two attached hydrogens (primary N) is 1. The van der Waals surface area contributed by atoms with E-state index in [1.54, 1.807) is 19.2 Å². The molecule has 1 aromatic carbocycles. The second-order valence-corrected chi connectivity index (χ2v) is 3.07. The molecule has 0 aromatic heterocycles. The fourth-order valence-corrected chi connectivity index (χ4v) is 1.31. The van der Waals surface area contributed by atoms with Gasteiger partial charge in [-0.15, -0.1) is 0 Å². The molecule has 0 saturated heterocycles. The summed E-state index contributed by atoms with van der Waals surface area (Å²) in [6.45, 7) is 1.86. The predicted octanol–water partition coefficient (Wildman–Crippen LogP) is 1.86. The van der Waals surface area contributed by atoms with Crippen LogP contribution < -0.4 is 5.73 Å². The van der Waals surface area contributed by atoms with Crippen LogP contribution in [0.2, 0.25) is 0 Å². The molecule has 0 saturated carbocycles. The highest BCUT2D eigenvalue weighted by molar-refractivity contribution is 5.19.